The zero-order valence-electron chi connectivity index (χ0n) is 7.19. The third kappa shape index (κ3) is 12.8. The summed E-state index contributed by atoms with van der Waals surface area (Å²) in [5.41, 5.74) is 0. The van der Waals surface area contributed by atoms with Crippen LogP contribution in [-0.4, -0.2) is 0 Å². The molecule has 2 aliphatic rings. The van der Waals surface area contributed by atoms with Gasteiger partial charge in [0.2, 0.25) is 0 Å². The molecule has 0 spiro atoms. The Bertz CT molecular complexity index is 151. The topological polar surface area (TPSA) is 0 Å². The molecule has 0 fully saturated rings. The van der Waals surface area contributed by atoms with E-state index in [1.807, 2.05) is 24.3 Å². The normalized spacial score (nSPS) is 13.5. The Balaban J connectivity index is -0.000000125. The van der Waals surface area contributed by atoms with Crippen LogP contribution >= 0.6 is 34.0 Å². The molecule has 0 amide bonds. The summed E-state index contributed by atoms with van der Waals surface area (Å²) in [6.45, 7) is 0. The maximum atomic E-state index is 2.99. The van der Waals surface area contributed by atoms with E-state index in [1.165, 1.54) is 0 Å². The average Bonchev–Trinajstić information content (AvgIpc) is 2.67. The molecule has 0 nitrogen and oxygen atoms in total. The maximum Gasteiger partial charge on any atom is 0 e. The molecular weight excluding hydrogens is 458 g/mol. The van der Waals surface area contributed by atoms with Crippen molar-refractivity contribution >= 4 is 34.0 Å². The van der Waals surface area contributed by atoms with Gasteiger partial charge in [0.05, 0.1) is 0 Å². The minimum Gasteiger partial charge on any atom is -0.273 e. The van der Waals surface area contributed by atoms with Crippen LogP contribution in [-0.2, 0) is 25.8 Å². The largest absolute Gasteiger partial charge is 0.273 e. The minimum absolute atomic E-state index is 0. The van der Waals surface area contributed by atoms with Crippen molar-refractivity contribution in [3.63, 3.8) is 0 Å². The number of allylic oxidation sites excluding steroid dienone is 8. The fourth-order valence-electron chi connectivity index (χ4n) is 0.680. The molecule has 13 heavy (non-hydrogen) atoms. The predicted molar refractivity (Wildman–Crippen MR) is 63.8 cm³/mol. The summed E-state index contributed by atoms with van der Waals surface area (Å²) in [6.07, 6.45) is 20.0. The first-order chi connectivity index (χ1) is 5.00. The second kappa shape index (κ2) is 15.3. The third-order valence-electron chi connectivity index (χ3n) is 1.17. The van der Waals surface area contributed by atoms with Gasteiger partial charge >= 0.3 is 0 Å². The zero-order valence-corrected chi connectivity index (χ0v) is 14.2. The molecule has 2 rings (SSSR count). The van der Waals surface area contributed by atoms with Crippen molar-refractivity contribution in [2.45, 2.75) is 12.8 Å². The van der Waals surface area contributed by atoms with Gasteiger partial charge in [-0.05, 0) is 0 Å². The van der Waals surface area contributed by atoms with Gasteiger partial charge in [0.1, 0.15) is 0 Å². The van der Waals surface area contributed by atoms with Gasteiger partial charge in [-0.25, -0.2) is 24.3 Å². The SMILES string of the molecule is Br.Br.[C-]1=CC=CC1.[C-]1=CC=CC1.[Hf]. The first kappa shape index (κ1) is 19.4. The molecule has 2 aliphatic carbocycles. The van der Waals surface area contributed by atoms with Gasteiger partial charge in [-0.3, -0.25) is 12.2 Å². The van der Waals surface area contributed by atoms with Crippen molar-refractivity contribution in [2.24, 2.45) is 0 Å². The summed E-state index contributed by atoms with van der Waals surface area (Å²) in [6, 6.07) is 0. The van der Waals surface area contributed by atoms with Gasteiger partial charge in [0, 0.05) is 25.8 Å². The summed E-state index contributed by atoms with van der Waals surface area (Å²) in [4.78, 5) is 0. The molecule has 0 unspecified atom stereocenters. The van der Waals surface area contributed by atoms with E-state index in [0.29, 0.717) is 0 Å². The summed E-state index contributed by atoms with van der Waals surface area (Å²) in [7, 11) is 0. The van der Waals surface area contributed by atoms with Crippen molar-refractivity contribution in [3.8, 4) is 0 Å². The van der Waals surface area contributed by atoms with Crippen molar-refractivity contribution < 1.29 is 25.8 Å². The van der Waals surface area contributed by atoms with Crippen LogP contribution in [0.15, 0.2) is 36.5 Å². The van der Waals surface area contributed by atoms with E-state index in [1.54, 1.807) is 0 Å². The molecule has 72 valence electrons. The zero-order chi connectivity index (χ0) is 7.07. The molecule has 0 aromatic carbocycles. The van der Waals surface area contributed by atoms with E-state index in [2.05, 4.69) is 24.3 Å². The molecule has 0 N–H and O–H groups in total. The number of halogens is 2. The van der Waals surface area contributed by atoms with Gasteiger partial charge in [0.25, 0.3) is 0 Å². The fourth-order valence-corrected chi connectivity index (χ4v) is 0.680. The summed E-state index contributed by atoms with van der Waals surface area (Å²) in [5.74, 6) is 0. The molecule has 3 heteroatoms. The first-order valence-corrected chi connectivity index (χ1v) is 3.43. The van der Waals surface area contributed by atoms with E-state index < -0.39 is 0 Å². The number of hydrogen-bond acceptors (Lipinski definition) is 0. The summed E-state index contributed by atoms with van der Waals surface area (Å²) in [5, 5.41) is 0. The fraction of sp³-hybridized carbons (Fsp3) is 0.200. The smallest absolute Gasteiger partial charge is 0 e. The molecule has 0 radical (unpaired) electrons. The van der Waals surface area contributed by atoms with E-state index in [0.717, 1.165) is 12.8 Å². The first-order valence-electron chi connectivity index (χ1n) is 3.43. The predicted octanol–water partition coefficient (Wildman–Crippen LogP) is 3.76. The quantitative estimate of drug-likeness (QED) is 0.374. The summed E-state index contributed by atoms with van der Waals surface area (Å²) >= 11 is 0. The number of hydrogen-bond donors (Lipinski definition) is 0. The van der Waals surface area contributed by atoms with Crippen LogP contribution in [0.1, 0.15) is 12.8 Å². The van der Waals surface area contributed by atoms with Gasteiger partial charge < -0.3 is 0 Å². The number of rotatable bonds is 0. The Kier molecular flexibility index (Phi) is 22.8. The minimum atomic E-state index is 0. The second-order valence-electron chi connectivity index (χ2n) is 2.01. The van der Waals surface area contributed by atoms with Crippen LogP contribution in [0.25, 0.3) is 0 Å². The molecule has 0 saturated heterocycles. The van der Waals surface area contributed by atoms with Crippen LogP contribution in [0, 0.1) is 12.2 Å². The Morgan fingerprint density at radius 2 is 1.15 bits per heavy atom. The molecule has 0 saturated carbocycles. The van der Waals surface area contributed by atoms with Gasteiger partial charge in [-0.15, -0.1) is 46.8 Å². The monoisotopic (exact) mass is 470 g/mol. The molecule has 0 atom stereocenters. The van der Waals surface area contributed by atoms with E-state index in [-0.39, 0.29) is 59.8 Å². The van der Waals surface area contributed by atoms with Gasteiger partial charge in [-0.2, -0.15) is 12.2 Å². The van der Waals surface area contributed by atoms with Crippen molar-refractivity contribution in [1.29, 1.82) is 0 Å². The maximum absolute atomic E-state index is 2.99. The average molecular weight is 471 g/mol. The molecule has 0 aromatic heterocycles. The molecule has 0 bridgehead atoms. The van der Waals surface area contributed by atoms with Gasteiger partial charge in [0.15, 0.2) is 0 Å². The standard InChI is InChI=1S/2C5H5.2BrH.Hf/c2*1-2-4-5-3-1;;;/h2*1-3H,4H2;2*1H;/q2*-1;;;. The molecule has 0 aliphatic heterocycles. The van der Waals surface area contributed by atoms with Crippen LogP contribution in [0.4, 0.5) is 0 Å². The Hall–Kier alpha value is 0.790. The Morgan fingerprint density at radius 1 is 0.769 bits per heavy atom. The molecular formula is C10H12Br2Hf-2. The van der Waals surface area contributed by atoms with Crippen LogP contribution in [0.2, 0.25) is 0 Å². The van der Waals surface area contributed by atoms with Crippen LogP contribution in [0.3, 0.4) is 0 Å². The van der Waals surface area contributed by atoms with Crippen molar-refractivity contribution in [3.05, 3.63) is 48.6 Å². The van der Waals surface area contributed by atoms with Crippen molar-refractivity contribution in [1.82, 2.24) is 0 Å². The van der Waals surface area contributed by atoms with Crippen molar-refractivity contribution in [2.75, 3.05) is 0 Å². The summed E-state index contributed by atoms with van der Waals surface area (Å²) < 4.78 is 0. The van der Waals surface area contributed by atoms with E-state index >= 15 is 0 Å². The molecule has 0 heterocycles. The molecule has 0 aromatic rings. The van der Waals surface area contributed by atoms with Gasteiger partial charge in [-0.1, -0.05) is 0 Å². The second-order valence-corrected chi connectivity index (χ2v) is 2.01. The van der Waals surface area contributed by atoms with E-state index in [4.69, 9.17) is 0 Å². The third-order valence-corrected chi connectivity index (χ3v) is 1.17. The van der Waals surface area contributed by atoms with E-state index in [9.17, 15) is 0 Å². The van der Waals surface area contributed by atoms with Crippen LogP contribution in [0.5, 0.6) is 0 Å². The van der Waals surface area contributed by atoms with Crippen LogP contribution < -0.4 is 0 Å². The Labute approximate surface area is 120 Å². The Morgan fingerprint density at radius 3 is 1.23 bits per heavy atom.